The monoisotopic (exact) mass is 326 g/mol. The van der Waals surface area contributed by atoms with Crippen molar-refractivity contribution in [2.45, 2.75) is 38.1 Å². The fourth-order valence-corrected chi connectivity index (χ4v) is 3.04. The van der Waals surface area contributed by atoms with Crippen LogP contribution in [0.2, 0.25) is 0 Å². The minimum Gasteiger partial charge on any atom is -0.352 e. The first kappa shape index (κ1) is 16.2. The zero-order valence-electron chi connectivity index (χ0n) is 13.6. The van der Waals surface area contributed by atoms with Gasteiger partial charge in [0.2, 0.25) is 5.91 Å². The van der Waals surface area contributed by atoms with Gasteiger partial charge in [-0.25, -0.2) is 4.68 Å². The third-order valence-electron chi connectivity index (χ3n) is 4.28. The molecule has 24 heavy (non-hydrogen) atoms. The minimum atomic E-state index is -0.167. The van der Waals surface area contributed by atoms with Gasteiger partial charge in [0.25, 0.3) is 5.91 Å². The lowest BCUT2D eigenvalue weighted by atomic mass is 10.2. The summed E-state index contributed by atoms with van der Waals surface area (Å²) in [4.78, 5) is 24.0. The first-order chi connectivity index (χ1) is 11.7. The van der Waals surface area contributed by atoms with Crippen LogP contribution in [0.5, 0.6) is 0 Å². The largest absolute Gasteiger partial charge is 0.352 e. The standard InChI is InChI=1S/C18H22N4O2/c23-17(11-12-19-18(24)14-6-2-1-3-7-14)21-16-10-13-20-22(16)15-8-4-5-9-15/h1-3,6-7,10,13,15H,4-5,8-9,11-12H2,(H,19,24)(H,21,23). The predicted molar refractivity (Wildman–Crippen MR) is 91.8 cm³/mol. The average molecular weight is 326 g/mol. The van der Waals surface area contributed by atoms with E-state index in [2.05, 4.69) is 15.7 Å². The Morgan fingerprint density at radius 3 is 2.62 bits per heavy atom. The molecule has 126 valence electrons. The molecule has 1 aliphatic rings. The highest BCUT2D eigenvalue weighted by Crippen LogP contribution is 2.31. The highest BCUT2D eigenvalue weighted by Gasteiger charge is 2.20. The van der Waals surface area contributed by atoms with Gasteiger partial charge < -0.3 is 10.6 Å². The molecule has 0 unspecified atom stereocenters. The SMILES string of the molecule is O=C(CCNC(=O)c1ccccc1)Nc1ccnn1C1CCCC1. The van der Waals surface area contributed by atoms with Crippen molar-refractivity contribution in [3.8, 4) is 0 Å². The van der Waals surface area contributed by atoms with E-state index in [4.69, 9.17) is 0 Å². The summed E-state index contributed by atoms with van der Waals surface area (Å²) in [6.07, 6.45) is 6.59. The molecule has 0 bridgehead atoms. The van der Waals surface area contributed by atoms with Crippen LogP contribution < -0.4 is 10.6 Å². The van der Waals surface area contributed by atoms with Crippen LogP contribution in [0.4, 0.5) is 5.82 Å². The van der Waals surface area contributed by atoms with Gasteiger partial charge in [-0.15, -0.1) is 0 Å². The number of carbonyl (C=O) groups excluding carboxylic acids is 2. The van der Waals surface area contributed by atoms with Crippen molar-refractivity contribution in [3.05, 3.63) is 48.2 Å². The molecule has 0 radical (unpaired) electrons. The van der Waals surface area contributed by atoms with Gasteiger partial charge in [-0.2, -0.15) is 5.10 Å². The summed E-state index contributed by atoms with van der Waals surface area (Å²) in [5.74, 6) is 0.448. The van der Waals surface area contributed by atoms with E-state index in [0.29, 0.717) is 18.2 Å². The highest BCUT2D eigenvalue weighted by molar-refractivity contribution is 5.95. The molecule has 2 N–H and O–H groups in total. The number of benzene rings is 1. The number of rotatable bonds is 6. The molecule has 1 aromatic carbocycles. The van der Waals surface area contributed by atoms with Crippen LogP contribution >= 0.6 is 0 Å². The van der Waals surface area contributed by atoms with Crippen LogP contribution in [0.25, 0.3) is 0 Å². The first-order valence-corrected chi connectivity index (χ1v) is 8.40. The Morgan fingerprint density at radius 1 is 1.12 bits per heavy atom. The number of nitrogens with one attached hydrogen (secondary N) is 2. The second kappa shape index (κ2) is 7.77. The molecule has 1 heterocycles. The van der Waals surface area contributed by atoms with E-state index in [1.54, 1.807) is 18.3 Å². The molecule has 0 spiro atoms. The fourth-order valence-electron chi connectivity index (χ4n) is 3.04. The maximum absolute atomic E-state index is 12.1. The molecule has 0 atom stereocenters. The predicted octanol–water partition coefficient (Wildman–Crippen LogP) is 2.76. The van der Waals surface area contributed by atoms with Crippen molar-refractivity contribution in [2.24, 2.45) is 0 Å². The van der Waals surface area contributed by atoms with Crippen LogP contribution in [0.15, 0.2) is 42.6 Å². The minimum absolute atomic E-state index is 0.122. The zero-order chi connectivity index (χ0) is 16.8. The number of nitrogens with zero attached hydrogens (tertiary/aromatic N) is 2. The number of hydrogen-bond acceptors (Lipinski definition) is 3. The molecule has 2 aromatic rings. The lowest BCUT2D eigenvalue weighted by molar-refractivity contribution is -0.116. The van der Waals surface area contributed by atoms with Gasteiger partial charge >= 0.3 is 0 Å². The smallest absolute Gasteiger partial charge is 0.251 e. The zero-order valence-corrected chi connectivity index (χ0v) is 13.6. The Bertz CT molecular complexity index is 690. The summed E-state index contributed by atoms with van der Waals surface area (Å²) in [5.41, 5.74) is 0.595. The maximum atomic E-state index is 12.1. The van der Waals surface area contributed by atoms with Gasteiger partial charge in [0.1, 0.15) is 5.82 Å². The second-order valence-corrected chi connectivity index (χ2v) is 6.02. The molecule has 2 amide bonds. The van der Waals surface area contributed by atoms with E-state index < -0.39 is 0 Å². The van der Waals surface area contributed by atoms with Gasteiger partial charge in [-0.1, -0.05) is 31.0 Å². The van der Waals surface area contributed by atoms with Gasteiger partial charge in [0.05, 0.1) is 12.2 Å². The second-order valence-electron chi connectivity index (χ2n) is 6.02. The Balaban J connectivity index is 1.46. The molecule has 0 saturated heterocycles. The third-order valence-corrected chi connectivity index (χ3v) is 4.28. The summed E-state index contributed by atoms with van der Waals surface area (Å²) < 4.78 is 1.91. The average Bonchev–Trinajstić information content (AvgIpc) is 3.26. The van der Waals surface area contributed by atoms with E-state index in [-0.39, 0.29) is 18.2 Å². The number of carbonyl (C=O) groups is 2. The van der Waals surface area contributed by atoms with E-state index in [0.717, 1.165) is 18.7 Å². The summed E-state index contributed by atoms with van der Waals surface area (Å²) in [6, 6.07) is 11.2. The van der Waals surface area contributed by atoms with Gasteiger partial charge in [0, 0.05) is 24.6 Å². The molecule has 1 aliphatic carbocycles. The van der Waals surface area contributed by atoms with Crippen molar-refractivity contribution in [1.29, 1.82) is 0 Å². The lowest BCUT2D eigenvalue weighted by Gasteiger charge is -2.14. The molecule has 6 nitrogen and oxygen atoms in total. The normalized spacial score (nSPS) is 14.5. The van der Waals surface area contributed by atoms with Crippen molar-refractivity contribution in [2.75, 3.05) is 11.9 Å². The van der Waals surface area contributed by atoms with Gasteiger partial charge in [-0.3, -0.25) is 9.59 Å². The molecular weight excluding hydrogens is 304 g/mol. The summed E-state index contributed by atoms with van der Waals surface area (Å²) in [5, 5.41) is 9.98. The molecule has 0 aliphatic heterocycles. The van der Waals surface area contributed by atoms with Crippen LogP contribution in [-0.4, -0.2) is 28.1 Å². The third kappa shape index (κ3) is 4.01. The van der Waals surface area contributed by atoms with Crippen LogP contribution in [-0.2, 0) is 4.79 Å². The molecule has 1 saturated carbocycles. The Hall–Kier alpha value is -2.63. The van der Waals surface area contributed by atoms with Crippen LogP contribution in [0.1, 0.15) is 48.5 Å². The van der Waals surface area contributed by atoms with E-state index in [9.17, 15) is 9.59 Å². The quantitative estimate of drug-likeness (QED) is 0.857. The number of anilines is 1. The number of amides is 2. The Labute approximate surface area is 141 Å². The van der Waals surface area contributed by atoms with Crippen molar-refractivity contribution in [3.63, 3.8) is 0 Å². The fraction of sp³-hybridized carbons (Fsp3) is 0.389. The molecule has 6 heteroatoms. The molecule has 1 fully saturated rings. The molecule has 3 rings (SSSR count). The van der Waals surface area contributed by atoms with Crippen LogP contribution in [0.3, 0.4) is 0 Å². The summed E-state index contributed by atoms with van der Waals surface area (Å²) >= 11 is 0. The number of aromatic nitrogens is 2. The Kier molecular flexibility index (Phi) is 5.25. The van der Waals surface area contributed by atoms with E-state index in [1.165, 1.54) is 12.8 Å². The van der Waals surface area contributed by atoms with Crippen LogP contribution in [0, 0.1) is 0 Å². The van der Waals surface area contributed by atoms with E-state index >= 15 is 0 Å². The van der Waals surface area contributed by atoms with Crippen molar-refractivity contribution in [1.82, 2.24) is 15.1 Å². The topological polar surface area (TPSA) is 76.0 Å². The Morgan fingerprint density at radius 2 is 1.88 bits per heavy atom. The van der Waals surface area contributed by atoms with E-state index in [1.807, 2.05) is 28.9 Å². The lowest BCUT2D eigenvalue weighted by Crippen LogP contribution is -2.28. The first-order valence-electron chi connectivity index (χ1n) is 8.40. The summed E-state index contributed by atoms with van der Waals surface area (Å²) in [7, 11) is 0. The van der Waals surface area contributed by atoms with Gasteiger partial charge in [-0.05, 0) is 25.0 Å². The summed E-state index contributed by atoms with van der Waals surface area (Å²) in [6.45, 7) is 0.303. The van der Waals surface area contributed by atoms with Crippen molar-refractivity contribution < 1.29 is 9.59 Å². The van der Waals surface area contributed by atoms with Crippen molar-refractivity contribution >= 4 is 17.6 Å². The maximum Gasteiger partial charge on any atom is 0.251 e. The molecular formula is C18H22N4O2. The van der Waals surface area contributed by atoms with Gasteiger partial charge in [0.15, 0.2) is 0 Å². The number of hydrogen-bond donors (Lipinski definition) is 2. The highest BCUT2D eigenvalue weighted by atomic mass is 16.2. The molecule has 1 aromatic heterocycles.